The first-order valence-corrected chi connectivity index (χ1v) is 10.3. The van der Waals surface area contributed by atoms with Gasteiger partial charge in [0.2, 0.25) is 5.76 Å². The summed E-state index contributed by atoms with van der Waals surface area (Å²) in [6.45, 7) is 0. The van der Waals surface area contributed by atoms with Gasteiger partial charge in [0.25, 0.3) is 5.91 Å². The van der Waals surface area contributed by atoms with Gasteiger partial charge in [-0.25, -0.2) is 4.39 Å². The third-order valence-electron chi connectivity index (χ3n) is 5.20. The lowest BCUT2D eigenvalue weighted by Gasteiger charge is -2.25. The summed E-state index contributed by atoms with van der Waals surface area (Å²) in [5.41, 5.74) is 0.973. The van der Waals surface area contributed by atoms with Crippen LogP contribution in [0.2, 0.25) is 15.1 Å². The van der Waals surface area contributed by atoms with Crippen molar-refractivity contribution in [2.45, 2.75) is 6.04 Å². The van der Waals surface area contributed by atoms with Crippen molar-refractivity contribution in [2.75, 3.05) is 4.90 Å². The summed E-state index contributed by atoms with van der Waals surface area (Å²) in [4.78, 5) is 28.2. The predicted molar refractivity (Wildman–Crippen MR) is 119 cm³/mol. The zero-order valence-electron chi connectivity index (χ0n) is 15.5. The molecule has 1 atom stereocenters. The van der Waals surface area contributed by atoms with Crippen LogP contribution in [0.5, 0.6) is 0 Å². The Morgan fingerprint density at radius 2 is 1.61 bits per heavy atom. The predicted octanol–water partition coefficient (Wildman–Crippen LogP) is 6.64. The van der Waals surface area contributed by atoms with Gasteiger partial charge in [0.05, 0.1) is 27.0 Å². The van der Waals surface area contributed by atoms with Gasteiger partial charge in [-0.1, -0.05) is 40.9 Å². The molecule has 0 bridgehead atoms. The highest BCUT2D eigenvalue weighted by atomic mass is 35.5. The minimum atomic E-state index is -0.845. The number of carbonyl (C=O) groups excluding carboxylic acids is 1. The van der Waals surface area contributed by atoms with E-state index in [9.17, 15) is 14.0 Å². The first-order valence-electron chi connectivity index (χ1n) is 9.15. The van der Waals surface area contributed by atoms with Crippen LogP contribution in [0, 0.1) is 5.82 Å². The van der Waals surface area contributed by atoms with Gasteiger partial charge in [-0.3, -0.25) is 14.5 Å². The molecular weight excluding hydrogens is 464 g/mol. The Labute approximate surface area is 190 Å². The Balaban J connectivity index is 1.83. The minimum absolute atomic E-state index is 0.0831. The van der Waals surface area contributed by atoms with Gasteiger partial charge in [-0.2, -0.15) is 0 Å². The smallest absolute Gasteiger partial charge is 0.295 e. The third kappa shape index (κ3) is 3.21. The Bertz CT molecular complexity index is 1430. The lowest BCUT2D eigenvalue weighted by atomic mass is 9.98. The van der Waals surface area contributed by atoms with Crippen LogP contribution >= 0.6 is 34.8 Å². The number of rotatable bonds is 2. The van der Waals surface area contributed by atoms with Gasteiger partial charge in [-0.15, -0.1) is 0 Å². The van der Waals surface area contributed by atoms with Crippen molar-refractivity contribution in [3.8, 4) is 0 Å². The molecule has 0 aliphatic carbocycles. The van der Waals surface area contributed by atoms with E-state index < -0.39 is 17.8 Å². The van der Waals surface area contributed by atoms with Gasteiger partial charge in [0.1, 0.15) is 11.4 Å². The summed E-state index contributed by atoms with van der Waals surface area (Å²) in [5, 5.41) is 1.23. The first-order chi connectivity index (χ1) is 14.8. The van der Waals surface area contributed by atoms with Gasteiger partial charge in [0, 0.05) is 10.7 Å². The molecule has 0 saturated carbocycles. The molecule has 4 aromatic rings. The van der Waals surface area contributed by atoms with Crippen molar-refractivity contribution < 1.29 is 13.6 Å². The van der Waals surface area contributed by atoms with Crippen LogP contribution in [-0.4, -0.2) is 5.91 Å². The van der Waals surface area contributed by atoms with Crippen molar-refractivity contribution in [1.82, 2.24) is 0 Å². The Kier molecular flexibility index (Phi) is 4.77. The number of halogens is 4. The average Bonchev–Trinajstić information content (AvgIpc) is 3.04. The molecular formula is C23H11Cl3FNO3. The number of anilines is 1. The van der Waals surface area contributed by atoms with E-state index in [-0.39, 0.29) is 32.7 Å². The van der Waals surface area contributed by atoms with E-state index in [1.54, 1.807) is 30.3 Å². The summed E-state index contributed by atoms with van der Waals surface area (Å²) in [6.07, 6.45) is 0. The Morgan fingerprint density at radius 3 is 2.32 bits per heavy atom. The quantitative estimate of drug-likeness (QED) is 0.327. The van der Waals surface area contributed by atoms with E-state index in [1.165, 1.54) is 35.2 Å². The maximum absolute atomic E-state index is 13.5. The lowest BCUT2D eigenvalue weighted by molar-refractivity contribution is 0.0971. The normalized spacial score (nSPS) is 15.5. The van der Waals surface area contributed by atoms with Crippen molar-refractivity contribution in [1.29, 1.82) is 0 Å². The molecule has 1 amide bonds. The molecule has 0 spiro atoms. The largest absolute Gasteiger partial charge is 0.450 e. The molecule has 8 heteroatoms. The molecule has 1 aromatic heterocycles. The van der Waals surface area contributed by atoms with E-state index in [4.69, 9.17) is 39.2 Å². The number of hydrogen-bond donors (Lipinski definition) is 0. The minimum Gasteiger partial charge on any atom is -0.450 e. The zero-order valence-corrected chi connectivity index (χ0v) is 17.8. The number of carbonyl (C=O) groups is 1. The molecule has 0 radical (unpaired) electrons. The number of hydrogen-bond acceptors (Lipinski definition) is 3. The fourth-order valence-corrected chi connectivity index (χ4v) is 4.29. The highest BCUT2D eigenvalue weighted by Crippen LogP contribution is 2.42. The van der Waals surface area contributed by atoms with E-state index >= 15 is 0 Å². The SMILES string of the molecule is O=C1c2oc3ccc(Cl)cc3c(=O)c2C(c2ccc(Cl)c(Cl)c2)N1c1ccc(F)cc1. The highest BCUT2D eigenvalue weighted by Gasteiger charge is 2.43. The van der Waals surface area contributed by atoms with Crippen LogP contribution in [0.4, 0.5) is 10.1 Å². The second-order valence-corrected chi connectivity index (χ2v) is 8.29. The van der Waals surface area contributed by atoms with E-state index in [2.05, 4.69) is 0 Å². The van der Waals surface area contributed by atoms with Crippen LogP contribution in [0.1, 0.15) is 27.7 Å². The van der Waals surface area contributed by atoms with Crippen LogP contribution in [0.25, 0.3) is 11.0 Å². The van der Waals surface area contributed by atoms with Crippen LogP contribution in [-0.2, 0) is 0 Å². The van der Waals surface area contributed by atoms with Crippen LogP contribution in [0.3, 0.4) is 0 Å². The molecule has 4 nitrogen and oxygen atoms in total. The molecule has 5 rings (SSSR count). The van der Waals surface area contributed by atoms with Crippen molar-refractivity contribution >= 4 is 57.4 Å². The highest BCUT2D eigenvalue weighted by molar-refractivity contribution is 6.42. The molecule has 2 heterocycles. The molecule has 0 N–H and O–H groups in total. The second kappa shape index (κ2) is 7.38. The summed E-state index contributed by atoms with van der Waals surface area (Å²) in [7, 11) is 0. The number of nitrogens with zero attached hydrogens (tertiary/aromatic N) is 1. The number of amides is 1. The third-order valence-corrected chi connectivity index (χ3v) is 6.17. The zero-order chi connectivity index (χ0) is 21.9. The molecule has 31 heavy (non-hydrogen) atoms. The summed E-state index contributed by atoms with van der Waals surface area (Å²) in [6, 6.07) is 14.0. The monoisotopic (exact) mass is 473 g/mol. The molecule has 154 valence electrons. The van der Waals surface area contributed by atoms with Gasteiger partial charge >= 0.3 is 0 Å². The van der Waals surface area contributed by atoms with Gasteiger partial charge in [0.15, 0.2) is 5.43 Å². The molecule has 3 aromatic carbocycles. The van der Waals surface area contributed by atoms with E-state index in [1.807, 2.05) is 0 Å². The first kappa shape index (κ1) is 20.1. The van der Waals surface area contributed by atoms with Crippen molar-refractivity contribution in [2.24, 2.45) is 0 Å². The molecule has 1 unspecified atom stereocenters. The molecule has 1 aliphatic rings. The fraction of sp³-hybridized carbons (Fsp3) is 0.0435. The number of benzene rings is 3. The Morgan fingerprint density at radius 1 is 0.871 bits per heavy atom. The Hall–Kier alpha value is -2.86. The van der Waals surface area contributed by atoms with Crippen LogP contribution in [0.15, 0.2) is 69.9 Å². The topological polar surface area (TPSA) is 50.5 Å². The summed E-state index contributed by atoms with van der Waals surface area (Å²) >= 11 is 18.4. The fourth-order valence-electron chi connectivity index (χ4n) is 3.81. The maximum atomic E-state index is 13.5. The molecule has 1 aliphatic heterocycles. The van der Waals surface area contributed by atoms with Crippen molar-refractivity contribution in [3.63, 3.8) is 0 Å². The number of fused-ring (bicyclic) bond motifs is 2. The van der Waals surface area contributed by atoms with E-state index in [0.717, 1.165) is 0 Å². The van der Waals surface area contributed by atoms with Crippen LogP contribution < -0.4 is 10.3 Å². The van der Waals surface area contributed by atoms with Crippen molar-refractivity contribution in [3.05, 3.63) is 109 Å². The second-order valence-electron chi connectivity index (χ2n) is 7.04. The standard InChI is InChI=1S/C23H11Cl3FNO3/c24-12-2-8-18-15(10-12)21(29)19-20(11-1-7-16(25)17(26)9-11)28(23(30)22(19)31-18)14-5-3-13(27)4-6-14/h1-10,20H. The van der Waals surface area contributed by atoms with Gasteiger partial charge in [-0.05, 0) is 60.2 Å². The summed E-state index contributed by atoms with van der Waals surface area (Å²) in [5.74, 6) is -1.06. The lowest BCUT2D eigenvalue weighted by Crippen LogP contribution is -2.29. The van der Waals surface area contributed by atoms with E-state index in [0.29, 0.717) is 21.3 Å². The van der Waals surface area contributed by atoms with Gasteiger partial charge < -0.3 is 4.42 Å². The maximum Gasteiger partial charge on any atom is 0.295 e. The molecule has 0 fully saturated rings. The summed E-state index contributed by atoms with van der Waals surface area (Å²) < 4.78 is 19.4. The average molecular weight is 475 g/mol. The molecule has 0 saturated heterocycles.